The molecule has 7 heteroatoms. The number of nitrogens with one attached hydrogen (secondary N) is 1. The van der Waals surface area contributed by atoms with Crippen LogP contribution in [0.15, 0.2) is 40.8 Å². The lowest BCUT2D eigenvalue weighted by Crippen LogP contribution is -2.30. The van der Waals surface area contributed by atoms with Crippen LogP contribution in [0.1, 0.15) is 40.9 Å². The van der Waals surface area contributed by atoms with Crippen molar-refractivity contribution in [2.24, 2.45) is 0 Å². The van der Waals surface area contributed by atoms with Gasteiger partial charge < -0.3 is 9.73 Å². The topological polar surface area (TPSA) is 88.6 Å². The average molecular weight is 343 g/mol. The number of hydrogen-bond donors (Lipinski definition) is 1. The normalized spacial score (nSPS) is 15.0. The van der Waals surface area contributed by atoms with E-state index in [1.54, 1.807) is 0 Å². The molecule has 7 nitrogen and oxygen atoms in total. The van der Waals surface area contributed by atoms with E-state index in [1.807, 2.05) is 18.2 Å². The predicted octanol–water partition coefficient (Wildman–Crippen LogP) is 3.10. The van der Waals surface area contributed by atoms with Crippen LogP contribution >= 0.6 is 0 Å². The highest BCUT2D eigenvalue weighted by Gasteiger charge is 2.18. The van der Waals surface area contributed by atoms with Gasteiger partial charge in [0.05, 0.1) is 6.07 Å². The molecule has 1 saturated heterocycles. The van der Waals surface area contributed by atoms with Crippen LogP contribution in [0.25, 0.3) is 0 Å². The minimum atomic E-state index is -0.662. The second kappa shape index (κ2) is 7.94. The Balaban J connectivity index is 1.62. The molecule has 3 rings (SSSR count). The number of benzene rings is 1. The van der Waals surface area contributed by atoms with Gasteiger partial charge in [-0.25, -0.2) is 0 Å². The highest BCUT2D eigenvalue weighted by molar-refractivity contribution is 5.91. The second-order valence-electron chi connectivity index (χ2n) is 6.18. The van der Waals surface area contributed by atoms with Crippen molar-refractivity contribution >= 4 is 11.8 Å². The van der Waals surface area contributed by atoms with E-state index in [-0.39, 0.29) is 5.76 Å². The summed E-state index contributed by atoms with van der Waals surface area (Å²) in [5, 5.41) is 13.4. The van der Waals surface area contributed by atoms with Crippen LogP contribution in [0.5, 0.6) is 0 Å². The largest absolute Gasteiger partial charge is 0.433 e. The van der Waals surface area contributed by atoms with Crippen LogP contribution in [0.3, 0.4) is 0 Å². The fourth-order valence-electron chi connectivity index (χ4n) is 3.05. The molecule has 2 heterocycles. The van der Waals surface area contributed by atoms with Crippen LogP contribution < -0.4 is 5.32 Å². The zero-order valence-electron chi connectivity index (χ0n) is 13.9. The Morgan fingerprint density at radius 2 is 1.84 bits per heavy atom. The summed E-state index contributed by atoms with van der Waals surface area (Å²) < 4.78 is 4.93. The second-order valence-corrected chi connectivity index (χ2v) is 6.18. The summed E-state index contributed by atoms with van der Waals surface area (Å²) >= 11 is 0. The molecule has 1 aromatic heterocycles. The Morgan fingerprint density at radius 3 is 2.52 bits per heavy atom. The molecule has 1 N–H and O–H groups in total. The quantitative estimate of drug-likeness (QED) is 0.643. The maximum absolute atomic E-state index is 12.1. The minimum absolute atomic E-state index is 0.0554. The maximum Gasteiger partial charge on any atom is 0.433 e. The summed E-state index contributed by atoms with van der Waals surface area (Å²) in [6, 6.07) is 10.5. The monoisotopic (exact) mass is 343 g/mol. The van der Waals surface area contributed by atoms with E-state index in [2.05, 4.69) is 16.3 Å². The van der Waals surface area contributed by atoms with Crippen molar-refractivity contribution in [3.63, 3.8) is 0 Å². The lowest BCUT2D eigenvalue weighted by atomic mass is 10.0. The molecule has 1 aliphatic heterocycles. The number of nitro groups is 1. The van der Waals surface area contributed by atoms with Gasteiger partial charge in [-0.1, -0.05) is 30.7 Å². The van der Waals surface area contributed by atoms with Crippen molar-refractivity contribution in [1.82, 2.24) is 10.2 Å². The van der Waals surface area contributed by atoms with Gasteiger partial charge in [-0.05, 0) is 43.1 Å². The van der Waals surface area contributed by atoms with E-state index in [0.29, 0.717) is 6.54 Å². The summed E-state index contributed by atoms with van der Waals surface area (Å²) in [7, 11) is 0. The average Bonchev–Trinajstić information content (AvgIpc) is 3.12. The van der Waals surface area contributed by atoms with E-state index < -0.39 is 16.7 Å². The first-order valence-electron chi connectivity index (χ1n) is 8.45. The first-order chi connectivity index (χ1) is 12.1. The Kier molecular flexibility index (Phi) is 5.45. The van der Waals surface area contributed by atoms with Crippen molar-refractivity contribution in [2.45, 2.75) is 32.4 Å². The molecule has 0 aliphatic carbocycles. The number of amides is 1. The molecule has 0 bridgehead atoms. The van der Waals surface area contributed by atoms with Crippen LogP contribution in [0.2, 0.25) is 0 Å². The molecule has 1 fully saturated rings. The number of hydrogen-bond acceptors (Lipinski definition) is 5. The zero-order chi connectivity index (χ0) is 17.6. The summed E-state index contributed by atoms with van der Waals surface area (Å²) in [6.45, 7) is 3.45. The van der Waals surface area contributed by atoms with Crippen LogP contribution in [-0.2, 0) is 13.1 Å². The molecule has 25 heavy (non-hydrogen) atoms. The maximum atomic E-state index is 12.1. The molecule has 132 valence electrons. The number of rotatable bonds is 6. The summed E-state index contributed by atoms with van der Waals surface area (Å²) in [5.41, 5.74) is 2.23. The smallest absolute Gasteiger partial charge is 0.395 e. The van der Waals surface area contributed by atoms with E-state index >= 15 is 0 Å². The summed E-state index contributed by atoms with van der Waals surface area (Å²) in [5.74, 6) is -0.947. The Hall–Kier alpha value is -2.67. The molecule has 0 unspecified atom stereocenters. The lowest BCUT2D eigenvalue weighted by Gasteiger charge is -2.27. The Labute approximate surface area is 145 Å². The molecular weight excluding hydrogens is 322 g/mol. The number of piperidine rings is 1. The van der Waals surface area contributed by atoms with Crippen molar-refractivity contribution in [2.75, 3.05) is 13.1 Å². The van der Waals surface area contributed by atoms with Gasteiger partial charge in [0.25, 0.3) is 5.91 Å². The summed E-state index contributed by atoms with van der Waals surface area (Å²) in [6.07, 6.45) is 3.76. The number of nitrogens with zero attached hydrogens (tertiary/aromatic N) is 2. The molecule has 0 saturated carbocycles. The van der Waals surface area contributed by atoms with Crippen molar-refractivity contribution in [1.29, 1.82) is 0 Å². The van der Waals surface area contributed by atoms with Gasteiger partial charge in [-0.2, -0.15) is 0 Å². The van der Waals surface area contributed by atoms with E-state index in [1.165, 1.54) is 37.0 Å². The third kappa shape index (κ3) is 4.45. The van der Waals surface area contributed by atoms with E-state index in [0.717, 1.165) is 25.2 Å². The highest BCUT2D eigenvalue weighted by Crippen LogP contribution is 2.18. The molecule has 1 aromatic carbocycles. The molecular formula is C18H21N3O4. The third-order valence-electron chi connectivity index (χ3n) is 4.40. The molecule has 1 aliphatic rings. The molecule has 0 spiro atoms. The van der Waals surface area contributed by atoms with Crippen LogP contribution in [0, 0.1) is 10.1 Å². The van der Waals surface area contributed by atoms with Gasteiger partial charge in [0.1, 0.15) is 4.92 Å². The predicted molar refractivity (Wildman–Crippen MR) is 92.1 cm³/mol. The van der Waals surface area contributed by atoms with Gasteiger partial charge in [0, 0.05) is 13.1 Å². The molecule has 0 atom stereocenters. The molecule has 1 amide bonds. The summed E-state index contributed by atoms with van der Waals surface area (Å²) in [4.78, 5) is 24.5. The minimum Gasteiger partial charge on any atom is -0.395 e. The van der Waals surface area contributed by atoms with Crippen LogP contribution in [0.4, 0.5) is 5.88 Å². The SMILES string of the molecule is O=C(NCc1ccccc1CN1CCCCC1)c1ccc([N+](=O)[O-])o1. The van der Waals surface area contributed by atoms with Gasteiger partial charge in [-0.15, -0.1) is 0 Å². The van der Waals surface area contributed by atoms with Crippen LogP contribution in [-0.4, -0.2) is 28.8 Å². The standard InChI is InChI=1S/C18H21N3O4/c22-18(16-8-9-17(25-16)21(23)24)19-12-14-6-2-3-7-15(14)13-20-10-4-1-5-11-20/h2-3,6-9H,1,4-5,10-13H2,(H,19,22). The molecule has 2 aromatic rings. The van der Waals surface area contributed by atoms with Gasteiger partial charge in [-0.3, -0.25) is 19.8 Å². The number of likely N-dealkylation sites (tertiary alicyclic amines) is 1. The van der Waals surface area contributed by atoms with E-state index in [9.17, 15) is 14.9 Å². The van der Waals surface area contributed by atoms with Crippen molar-refractivity contribution < 1.29 is 14.1 Å². The zero-order valence-corrected chi connectivity index (χ0v) is 13.9. The number of furan rings is 1. The lowest BCUT2D eigenvalue weighted by molar-refractivity contribution is -0.402. The van der Waals surface area contributed by atoms with Crippen molar-refractivity contribution in [3.8, 4) is 0 Å². The fourth-order valence-corrected chi connectivity index (χ4v) is 3.05. The Bertz CT molecular complexity index is 750. The number of carbonyl (C=O) groups excluding carboxylic acids is 1. The van der Waals surface area contributed by atoms with Crippen molar-refractivity contribution in [3.05, 3.63) is 63.4 Å². The highest BCUT2D eigenvalue weighted by atomic mass is 16.6. The molecule has 0 radical (unpaired) electrons. The first kappa shape index (κ1) is 17.2. The van der Waals surface area contributed by atoms with Gasteiger partial charge in [0.2, 0.25) is 0 Å². The van der Waals surface area contributed by atoms with E-state index in [4.69, 9.17) is 4.42 Å². The Morgan fingerprint density at radius 1 is 1.12 bits per heavy atom. The van der Waals surface area contributed by atoms with Gasteiger partial charge in [0.15, 0.2) is 5.76 Å². The fraction of sp³-hybridized carbons (Fsp3) is 0.389. The van der Waals surface area contributed by atoms with Gasteiger partial charge >= 0.3 is 5.88 Å². The first-order valence-corrected chi connectivity index (χ1v) is 8.45. The number of carbonyl (C=O) groups is 1. The third-order valence-corrected chi connectivity index (χ3v) is 4.40.